The molecule has 2 aliphatic rings. The quantitative estimate of drug-likeness (QED) is 0.455. The normalized spacial score (nSPS) is 16.4. The van der Waals surface area contributed by atoms with E-state index >= 15 is 8.78 Å². The highest BCUT2D eigenvalue weighted by Gasteiger charge is 2.62. The molecule has 1 spiro atoms. The highest BCUT2D eigenvalue weighted by atomic mass is 19.1. The number of hydrogen-bond acceptors (Lipinski definition) is 5. The summed E-state index contributed by atoms with van der Waals surface area (Å²) < 4.78 is 34.0. The molecule has 4 aromatic rings. The number of carbonyl (C=O) groups excluding carboxylic acids is 1. The first kappa shape index (κ1) is 20.6. The van der Waals surface area contributed by atoms with Gasteiger partial charge in [0.2, 0.25) is 5.95 Å². The fraction of sp³-hybridized carbons (Fsp3) is 0.292. The lowest BCUT2D eigenvalue weighted by molar-refractivity contribution is -0.120. The highest BCUT2D eigenvalue weighted by molar-refractivity contribution is 6.09. The van der Waals surface area contributed by atoms with E-state index in [0.717, 1.165) is 10.5 Å². The Morgan fingerprint density at radius 3 is 2.38 bits per heavy atom. The standard InChI is InChI=1S/C24H21F2N7O/c1-23(2,3)14-10-30-31(12-14)15-8-16(25)20(17(26)9-15)32-21(34)24(5-6-24)33-19(11-28-22(32)33)18-4-7-27-13-29-18/h4,7-13H,5-6H2,1-3H3. The number of benzene rings is 1. The summed E-state index contributed by atoms with van der Waals surface area (Å²) in [6.07, 6.45) is 9.11. The second-order valence-electron chi connectivity index (χ2n) is 9.73. The van der Waals surface area contributed by atoms with Crippen molar-refractivity contribution in [3.63, 3.8) is 0 Å². The van der Waals surface area contributed by atoms with E-state index in [4.69, 9.17) is 0 Å². The molecule has 1 aliphatic heterocycles. The second-order valence-corrected chi connectivity index (χ2v) is 9.73. The Hall–Kier alpha value is -3.95. The molecule has 0 saturated heterocycles. The van der Waals surface area contributed by atoms with E-state index in [2.05, 4.69) is 20.1 Å². The summed E-state index contributed by atoms with van der Waals surface area (Å²) in [4.78, 5) is 27.0. The lowest BCUT2D eigenvalue weighted by atomic mass is 9.90. The molecular formula is C24H21F2N7O. The molecule has 4 heterocycles. The molecular weight excluding hydrogens is 440 g/mol. The van der Waals surface area contributed by atoms with E-state index in [1.54, 1.807) is 35.4 Å². The van der Waals surface area contributed by atoms with Crippen molar-refractivity contribution in [1.82, 2.24) is 29.3 Å². The molecule has 34 heavy (non-hydrogen) atoms. The summed E-state index contributed by atoms with van der Waals surface area (Å²) in [5.41, 5.74) is 0.853. The van der Waals surface area contributed by atoms with Crippen LogP contribution in [0.3, 0.4) is 0 Å². The Balaban J connectivity index is 1.45. The molecule has 1 saturated carbocycles. The molecule has 0 atom stereocenters. The van der Waals surface area contributed by atoms with Crippen molar-refractivity contribution in [2.24, 2.45) is 0 Å². The number of nitrogens with zero attached hydrogens (tertiary/aromatic N) is 7. The number of fused-ring (bicyclic) bond motifs is 2. The predicted molar refractivity (Wildman–Crippen MR) is 120 cm³/mol. The van der Waals surface area contributed by atoms with Crippen molar-refractivity contribution in [2.75, 3.05) is 4.90 Å². The number of hydrogen-bond donors (Lipinski definition) is 0. The number of imidazole rings is 1. The van der Waals surface area contributed by atoms with Crippen LogP contribution in [0, 0.1) is 11.6 Å². The van der Waals surface area contributed by atoms with Crippen molar-refractivity contribution >= 4 is 17.5 Å². The van der Waals surface area contributed by atoms with Crippen molar-refractivity contribution in [3.8, 4) is 17.1 Å². The van der Waals surface area contributed by atoms with Crippen molar-refractivity contribution in [2.45, 2.75) is 44.6 Å². The first-order chi connectivity index (χ1) is 16.2. The summed E-state index contributed by atoms with van der Waals surface area (Å²) in [6.45, 7) is 6.09. The van der Waals surface area contributed by atoms with Crippen molar-refractivity contribution < 1.29 is 13.6 Å². The van der Waals surface area contributed by atoms with Gasteiger partial charge in [-0.3, -0.25) is 9.36 Å². The first-order valence-corrected chi connectivity index (χ1v) is 10.9. The van der Waals surface area contributed by atoms with Gasteiger partial charge < -0.3 is 0 Å². The fourth-order valence-electron chi connectivity index (χ4n) is 4.45. The Morgan fingerprint density at radius 1 is 1.06 bits per heavy atom. The molecule has 1 aromatic carbocycles. The van der Waals surface area contributed by atoms with Gasteiger partial charge in [0.15, 0.2) is 11.6 Å². The number of amides is 1. The lowest BCUT2D eigenvalue weighted by Gasteiger charge is -2.18. The van der Waals surface area contributed by atoms with Crippen LogP contribution < -0.4 is 4.90 Å². The third-order valence-electron chi connectivity index (χ3n) is 6.48. The summed E-state index contributed by atoms with van der Waals surface area (Å²) >= 11 is 0. The Labute approximate surface area is 193 Å². The number of carbonyl (C=O) groups is 1. The Bertz CT molecular complexity index is 1420. The van der Waals surface area contributed by atoms with Gasteiger partial charge in [-0.2, -0.15) is 5.10 Å². The minimum absolute atomic E-state index is 0.158. The van der Waals surface area contributed by atoms with E-state index in [0.29, 0.717) is 24.2 Å². The van der Waals surface area contributed by atoms with E-state index in [1.807, 2.05) is 20.8 Å². The zero-order valence-electron chi connectivity index (χ0n) is 18.8. The molecule has 172 valence electrons. The Kier molecular flexibility index (Phi) is 4.12. The van der Waals surface area contributed by atoms with Gasteiger partial charge in [0.1, 0.15) is 17.6 Å². The van der Waals surface area contributed by atoms with Gasteiger partial charge in [-0.1, -0.05) is 20.8 Å². The van der Waals surface area contributed by atoms with Gasteiger partial charge >= 0.3 is 0 Å². The topological polar surface area (TPSA) is 81.7 Å². The monoisotopic (exact) mass is 461 g/mol. The van der Waals surface area contributed by atoms with Crippen LogP contribution in [-0.2, 0) is 15.7 Å². The van der Waals surface area contributed by atoms with Crippen LogP contribution in [0.4, 0.5) is 20.4 Å². The van der Waals surface area contributed by atoms with Crippen LogP contribution in [-0.4, -0.2) is 35.2 Å². The zero-order valence-corrected chi connectivity index (χ0v) is 18.8. The maximum Gasteiger partial charge on any atom is 0.260 e. The van der Waals surface area contributed by atoms with Crippen molar-refractivity contribution in [3.05, 3.63) is 66.5 Å². The lowest BCUT2D eigenvalue weighted by Crippen LogP contribution is -2.31. The summed E-state index contributed by atoms with van der Waals surface area (Å²) in [7, 11) is 0. The minimum Gasteiger partial charge on any atom is -0.293 e. The minimum atomic E-state index is -0.896. The van der Waals surface area contributed by atoms with Gasteiger partial charge in [0.05, 0.1) is 29.5 Å². The van der Waals surface area contributed by atoms with Crippen LogP contribution in [0.1, 0.15) is 39.2 Å². The number of anilines is 2. The zero-order chi connectivity index (χ0) is 23.8. The fourth-order valence-corrected chi connectivity index (χ4v) is 4.45. The average molecular weight is 461 g/mol. The molecule has 0 N–H and O–H groups in total. The van der Waals surface area contributed by atoms with Crippen LogP contribution >= 0.6 is 0 Å². The second kappa shape index (κ2) is 6.78. The summed E-state index contributed by atoms with van der Waals surface area (Å²) in [5.74, 6) is -1.96. The number of halogens is 2. The molecule has 0 radical (unpaired) electrons. The molecule has 0 unspecified atom stereocenters. The van der Waals surface area contributed by atoms with Crippen LogP contribution in [0.5, 0.6) is 0 Å². The summed E-state index contributed by atoms with van der Waals surface area (Å²) in [6, 6.07) is 4.07. The van der Waals surface area contributed by atoms with Crippen LogP contribution in [0.25, 0.3) is 17.1 Å². The van der Waals surface area contributed by atoms with Crippen LogP contribution in [0.15, 0.2) is 49.3 Å². The molecule has 1 amide bonds. The molecule has 3 aromatic heterocycles. The van der Waals surface area contributed by atoms with Gasteiger partial charge in [0.25, 0.3) is 5.91 Å². The summed E-state index contributed by atoms with van der Waals surface area (Å²) in [5, 5.41) is 4.26. The average Bonchev–Trinajstić information content (AvgIpc) is 3.16. The van der Waals surface area contributed by atoms with Crippen LogP contribution in [0.2, 0.25) is 0 Å². The first-order valence-electron chi connectivity index (χ1n) is 10.9. The third-order valence-corrected chi connectivity index (χ3v) is 6.48. The van der Waals surface area contributed by atoms with E-state index in [-0.39, 0.29) is 17.1 Å². The smallest absolute Gasteiger partial charge is 0.260 e. The largest absolute Gasteiger partial charge is 0.293 e. The SMILES string of the molecule is CC(C)(C)c1cnn(-c2cc(F)c(N3C(=O)C4(CC4)n4c(-c5ccncn5)cnc43)c(F)c2)c1. The van der Waals surface area contributed by atoms with Gasteiger partial charge in [0, 0.05) is 24.5 Å². The number of aromatic nitrogens is 6. The molecule has 10 heteroatoms. The maximum atomic E-state index is 15.4. The van der Waals surface area contributed by atoms with E-state index in [1.165, 1.54) is 23.1 Å². The van der Waals surface area contributed by atoms with E-state index in [9.17, 15) is 4.79 Å². The molecule has 6 rings (SSSR count). The van der Waals surface area contributed by atoms with Gasteiger partial charge in [-0.25, -0.2) is 33.3 Å². The molecule has 1 aliphatic carbocycles. The maximum absolute atomic E-state index is 15.4. The van der Waals surface area contributed by atoms with Gasteiger partial charge in [-0.15, -0.1) is 0 Å². The van der Waals surface area contributed by atoms with Crippen molar-refractivity contribution in [1.29, 1.82) is 0 Å². The number of rotatable bonds is 3. The highest BCUT2D eigenvalue weighted by Crippen LogP contribution is 2.56. The molecule has 0 bridgehead atoms. The molecule has 1 fully saturated rings. The predicted octanol–water partition coefficient (Wildman–Crippen LogP) is 4.27. The van der Waals surface area contributed by atoms with E-state index < -0.39 is 28.8 Å². The van der Waals surface area contributed by atoms with Gasteiger partial charge in [-0.05, 0) is 29.9 Å². The third kappa shape index (κ3) is 2.84. The Morgan fingerprint density at radius 2 is 1.79 bits per heavy atom. The molecule has 8 nitrogen and oxygen atoms in total.